The van der Waals surface area contributed by atoms with Crippen LogP contribution in [-0.4, -0.2) is 35.6 Å². The highest BCUT2D eigenvalue weighted by Gasteiger charge is 2.38. The van der Waals surface area contributed by atoms with Crippen molar-refractivity contribution < 1.29 is 14.3 Å². The molecule has 1 aromatic carbocycles. The summed E-state index contributed by atoms with van der Waals surface area (Å²) in [5.41, 5.74) is 5.69. The van der Waals surface area contributed by atoms with Crippen LogP contribution in [0.2, 0.25) is 5.02 Å². The van der Waals surface area contributed by atoms with Gasteiger partial charge in [0.05, 0.1) is 0 Å². The Bertz CT molecular complexity index is 719. The number of nitrogens with zero attached hydrogens (tertiary/aromatic N) is 1. The molecule has 174 valence electrons. The maximum Gasteiger partial charge on any atom is 0.405 e. The molecule has 1 fully saturated rings. The Morgan fingerprint density at radius 3 is 2.10 bits per heavy atom. The van der Waals surface area contributed by atoms with Crippen molar-refractivity contribution in [2.75, 3.05) is 13.1 Å². The summed E-state index contributed by atoms with van der Waals surface area (Å²) in [6, 6.07) is 8.17. The number of hydrogen-bond donors (Lipinski definition) is 1. The summed E-state index contributed by atoms with van der Waals surface area (Å²) in [5, 5.41) is 0.779. The number of terminal acetylenes is 1. The Hall–Kier alpha value is -2.19. The SMILES string of the molecule is C#C.CC(C)(C)OC(N)=O.CC(C)CC(=O)N1CC[C@H](c2ccc(Cl)cc2)C(C)(C)C1. The topological polar surface area (TPSA) is 72.6 Å². The van der Waals surface area contributed by atoms with E-state index in [4.69, 9.17) is 17.3 Å². The molecule has 1 heterocycles. The van der Waals surface area contributed by atoms with Gasteiger partial charge in [0, 0.05) is 24.5 Å². The number of hydrogen-bond acceptors (Lipinski definition) is 3. The highest BCUT2D eigenvalue weighted by molar-refractivity contribution is 6.30. The third kappa shape index (κ3) is 11.1. The molecule has 6 heteroatoms. The number of primary amides is 1. The Morgan fingerprint density at radius 2 is 1.74 bits per heavy atom. The van der Waals surface area contributed by atoms with Gasteiger partial charge in [0.25, 0.3) is 0 Å². The second-order valence-corrected chi connectivity index (χ2v) is 10.3. The normalized spacial score (nSPS) is 17.5. The summed E-state index contributed by atoms with van der Waals surface area (Å²) in [4.78, 5) is 24.4. The van der Waals surface area contributed by atoms with Gasteiger partial charge in [0.15, 0.2) is 0 Å². The molecule has 2 rings (SSSR count). The van der Waals surface area contributed by atoms with Gasteiger partial charge in [-0.15, -0.1) is 12.8 Å². The summed E-state index contributed by atoms with van der Waals surface area (Å²) >= 11 is 5.98. The average Bonchev–Trinajstić information content (AvgIpc) is 2.61. The van der Waals surface area contributed by atoms with E-state index in [0.29, 0.717) is 24.2 Å². The van der Waals surface area contributed by atoms with Crippen molar-refractivity contribution in [3.8, 4) is 12.8 Å². The molecule has 1 aliphatic rings. The van der Waals surface area contributed by atoms with Crippen LogP contribution in [0.5, 0.6) is 0 Å². The average molecular weight is 451 g/mol. The maximum absolute atomic E-state index is 12.3. The van der Waals surface area contributed by atoms with Gasteiger partial charge in [-0.1, -0.05) is 51.4 Å². The molecule has 0 bridgehead atoms. The Balaban J connectivity index is 0.000000762. The van der Waals surface area contributed by atoms with E-state index in [9.17, 15) is 9.59 Å². The van der Waals surface area contributed by atoms with E-state index in [1.165, 1.54) is 5.56 Å². The predicted octanol–water partition coefficient (Wildman–Crippen LogP) is 5.86. The van der Waals surface area contributed by atoms with Crippen LogP contribution in [0.3, 0.4) is 0 Å². The molecule has 1 aromatic rings. The van der Waals surface area contributed by atoms with Crippen LogP contribution < -0.4 is 5.73 Å². The molecular weight excluding hydrogens is 412 g/mol. The second kappa shape index (κ2) is 12.6. The van der Waals surface area contributed by atoms with Crippen molar-refractivity contribution in [3.63, 3.8) is 0 Å². The lowest BCUT2D eigenvalue weighted by Gasteiger charge is -2.45. The predicted molar refractivity (Wildman–Crippen MR) is 129 cm³/mol. The number of carbonyl (C=O) groups is 2. The van der Waals surface area contributed by atoms with Crippen molar-refractivity contribution in [2.24, 2.45) is 17.1 Å². The number of benzene rings is 1. The van der Waals surface area contributed by atoms with Gasteiger partial charge in [-0.25, -0.2) is 4.79 Å². The summed E-state index contributed by atoms with van der Waals surface area (Å²) in [6.45, 7) is 15.7. The minimum atomic E-state index is -0.725. The number of ether oxygens (including phenoxy) is 1. The summed E-state index contributed by atoms with van der Waals surface area (Å²) in [5.74, 6) is 1.21. The standard InChI is InChI=1S/C18H26ClNO.C5H11NO2.C2H2/c1-13(2)11-17(21)20-10-9-16(18(3,4)12-20)14-5-7-15(19)8-6-14;1-5(2,3)8-4(6)7;1-2/h5-8,13,16H,9-12H2,1-4H3;1-3H3,(H2,6,7);1-2H/t16-;;/m1../s1. The molecule has 5 nitrogen and oxygen atoms in total. The lowest BCUT2D eigenvalue weighted by molar-refractivity contribution is -0.135. The van der Waals surface area contributed by atoms with E-state index in [1.807, 2.05) is 17.0 Å². The highest BCUT2D eigenvalue weighted by Crippen LogP contribution is 2.42. The molecule has 1 aliphatic heterocycles. The fraction of sp³-hybridized carbons (Fsp3) is 0.600. The van der Waals surface area contributed by atoms with E-state index < -0.39 is 11.7 Å². The maximum atomic E-state index is 12.3. The molecule has 0 aliphatic carbocycles. The number of halogens is 1. The zero-order valence-corrected chi connectivity index (χ0v) is 20.8. The molecule has 0 spiro atoms. The Morgan fingerprint density at radius 1 is 1.23 bits per heavy atom. The van der Waals surface area contributed by atoms with Gasteiger partial charge >= 0.3 is 6.09 Å². The van der Waals surface area contributed by atoms with E-state index in [2.05, 4.69) is 57.4 Å². The zero-order chi connectivity index (χ0) is 24.4. The largest absolute Gasteiger partial charge is 0.444 e. The highest BCUT2D eigenvalue weighted by atomic mass is 35.5. The summed E-state index contributed by atoms with van der Waals surface area (Å²) in [7, 11) is 0. The second-order valence-electron chi connectivity index (χ2n) is 9.83. The molecule has 31 heavy (non-hydrogen) atoms. The lowest BCUT2D eigenvalue weighted by atomic mass is 9.70. The molecular formula is C25H39ClN2O3. The van der Waals surface area contributed by atoms with Crippen LogP contribution in [0.15, 0.2) is 24.3 Å². The van der Waals surface area contributed by atoms with Crippen molar-refractivity contribution >= 4 is 23.6 Å². The van der Waals surface area contributed by atoms with Crippen molar-refractivity contribution in [1.82, 2.24) is 4.90 Å². The lowest BCUT2D eigenvalue weighted by Crippen LogP contribution is -2.47. The quantitative estimate of drug-likeness (QED) is 0.586. The monoisotopic (exact) mass is 450 g/mol. The van der Waals surface area contributed by atoms with Crippen LogP contribution in [0.1, 0.15) is 72.8 Å². The van der Waals surface area contributed by atoms with Crippen LogP contribution >= 0.6 is 11.6 Å². The van der Waals surface area contributed by atoms with Gasteiger partial charge in [0.2, 0.25) is 5.91 Å². The van der Waals surface area contributed by atoms with Gasteiger partial charge < -0.3 is 15.4 Å². The first kappa shape index (κ1) is 28.8. The molecule has 1 atom stereocenters. The Kier molecular flexibility index (Phi) is 11.7. The molecule has 1 saturated heterocycles. The number of likely N-dealkylation sites (tertiary alicyclic amines) is 1. The van der Waals surface area contributed by atoms with Crippen molar-refractivity contribution in [3.05, 3.63) is 34.9 Å². The smallest absolute Gasteiger partial charge is 0.405 e. The summed E-state index contributed by atoms with van der Waals surface area (Å²) in [6.07, 6.45) is 8.96. The van der Waals surface area contributed by atoms with Gasteiger partial charge in [-0.05, 0) is 62.1 Å². The van der Waals surface area contributed by atoms with Crippen LogP contribution in [0.25, 0.3) is 0 Å². The van der Waals surface area contributed by atoms with E-state index >= 15 is 0 Å². The fourth-order valence-electron chi connectivity index (χ4n) is 3.66. The fourth-order valence-corrected chi connectivity index (χ4v) is 3.79. The number of amides is 2. The number of carbonyl (C=O) groups excluding carboxylic acids is 2. The van der Waals surface area contributed by atoms with Crippen LogP contribution in [0, 0.1) is 24.2 Å². The van der Waals surface area contributed by atoms with Crippen molar-refractivity contribution in [2.45, 2.75) is 72.8 Å². The zero-order valence-electron chi connectivity index (χ0n) is 20.1. The first-order valence-electron chi connectivity index (χ1n) is 10.6. The molecule has 2 amide bonds. The molecule has 0 radical (unpaired) electrons. The van der Waals surface area contributed by atoms with E-state index in [-0.39, 0.29) is 5.41 Å². The van der Waals surface area contributed by atoms with E-state index in [0.717, 1.165) is 24.5 Å². The molecule has 0 unspecified atom stereocenters. The first-order valence-corrected chi connectivity index (χ1v) is 10.9. The van der Waals surface area contributed by atoms with E-state index in [1.54, 1.807) is 20.8 Å². The Labute approximate surface area is 193 Å². The minimum Gasteiger partial charge on any atom is -0.444 e. The molecule has 0 saturated carbocycles. The third-order valence-corrected chi connectivity index (χ3v) is 5.10. The van der Waals surface area contributed by atoms with Gasteiger partial charge in [0.1, 0.15) is 5.60 Å². The molecule has 2 N–H and O–H groups in total. The third-order valence-electron chi connectivity index (χ3n) is 4.84. The minimum absolute atomic E-state index is 0.0960. The summed E-state index contributed by atoms with van der Waals surface area (Å²) < 4.78 is 4.58. The number of rotatable bonds is 3. The molecule has 0 aromatic heterocycles. The van der Waals surface area contributed by atoms with Crippen molar-refractivity contribution in [1.29, 1.82) is 0 Å². The van der Waals surface area contributed by atoms with Gasteiger partial charge in [-0.2, -0.15) is 0 Å². The van der Waals surface area contributed by atoms with Crippen LogP contribution in [-0.2, 0) is 9.53 Å². The van der Waals surface area contributed by atoms with Gasteiger partial charge in [-0.3, -0.25) is 4.79 Å². The number of piperidine rings is 1. The number of nitrogens with two attached hydrogens (primary N) is 1. The first-order chi connectivity index (χ1) is 14.2. The van der Waals surface area contributed by atoms with Crippen LogP contribution in [0.4, 0.5) is 4.79 Å².